The molecule has 2 fully saturated rings. The third-order valence-electron chi connectivity index (χ3n) is 4.88. The van der Waals surface area contributed by atoms with Crippen molar-refractivity contribution in [2.75, 3.05) is 31.5 Å². The first-order valence-corrected chi connectivity index (χ1v) is 9.03. The van der Waals surface area contributed by atoms with Crippen LogP contribution < -0.4 is 5.32 Å². The first kappa shape index (κ1) is 17.1. The van der Waals surface area contributed by atoms with Gasteiger partial charge in [-0.05, 0) is 50.3 Å². The maximum absolute atomic E-state index is 12.5. The Morgan fingerprint density at radius 1 is 1.12 bits per heavy atom. The summed E-state index contributed by atoms with van der Waals surface area (Å²) in [5, 5.41) is 3.57. The third kappa shape index (κ3) is 3.83. The fourth-order valence-electron chi connectivity index (χ4n) is 3.39. The van der Waals surface area contributed by atoms with Crippen molar-refractivity contribution in [1.82, 2.24) is 9.80 Å². The lowest BCUT2D eigenvalue weighted by Crippen LogP contribution is -2.48. The van der Waals surface area contributed by atoms with Crippen LogP contribution in [-0.4, -0.2) is 47.9 Å². The number of rotatable bonds is 2. The smallest absolute Gasteiger partial charge is 0.320 e. The van der Waals surface area contributed by atoms with Crippen molar-refractivity contribution >= 4 is 29.2 Å². The SMILES string of the molecule is Cc1ccc(NC(=O)C2CCCN(C(=O)N3CCCC3)C2)cc1Cl. The lowest BCUT2D eigenvalue weighted by Gasteiger charge is -2.34. The molecule has 2 aliphatic heterocycles. The molecule has 3 amide bonds. The van der Waals surface area contributed by atoms with Crippen molar-refractivity contribution < 1.29 is 9.59 Å². The van der Waals surface area contributed by atoms with Gasteiger partial charge < -0.3 is 15.1 Å². The number of hydrogen-bond donors (Lipinski definition) is 1. The van der Waals surface area contributed by atoms with Crippen LogP contribution in [0.25, 0.3) is 0 Å². The van der Waals surface area contributed by atoms with E-state index in [0.717, 1.165) is 50.9 Å². The van der Waals surface area contributed by atoms with Gasteiger partial charge in [-0.25, -0.2) is 4.79 Å². The van der Waals surface area contributed by atoms with Gasteiger partial charge in [0.05, 0.1) is 5.92 Å². The monoisotopic (exact) mass is 349 g/mol. The Bertz CT molecular complexity index is 629. The molecular weight excluding hydrogens is 326 g/mol. The average molecular weight is 350 g/mol. The second kappa shape index (κ2) is 7.43. The summed E-state index contributed by atoms with van der Waals surface area (Å²) in [6.45, 7) is 4.86. The number of likely N-dealkylation sites (tertiary alicyclic amines) is 2. The van der Waals surface area contributed by atoms with Gasteiger partial charge in [-0.2, -0.15) is 0 Å². The first-order chi connectivity index (χ1) is 11.5. The highest BCUT2D eigenvalue weighted by Crippen LogP contribution is 2.23. The number of carbonyl (C=O) groups is 2. The van der Waals surface area contributed by atoms with Gasteiger partial charge in [-0.15, -0.1) is 0 Å². The first-order valence-electron chi connectivity index (χ1n) is 8.65. The number of benzene rings is 1. The number of urea groups is 1. The van der Waals surface area contributed by atoms with Gasteiger partial charge in [0.2, 0.25) is 5.91 Å². The maximum Gasteiger partial charge on any atom is 0.320 e. The number of nitrogens with one attached hydrogen (secondary N) is 1. The Hall–Kier alpha value is -1.75. The number of nitrogens with zero attached hydrogens (tertiary/aromatic N) is 2. The second-order valence-electron chi connectivity index (χ2n) is 6.72. The van der Waals surface area contributed by atoms with Gasteiger partial charge in [0.25, 0.3) is 0 Å². The molecule has 0 spiro atoms. The highest BCUT2D eigenvalue weighted by Gasteiger charge is 2.31. The highest BCUT2D eigenvalue weighted by atomic mass is 35.5. The van der Waals surface area contributed by atoms with E-state index in [1.54, 1.807) is 6.07 Å². The average Bonchev–Trinajstić information content (AvgIpc) is 3.12. The topological polar surface area (TPSA) is 52.7 Å². The van der Waals surface area contributed by atoms with Crippen LogP contribution in [0.15, 0.2) is 18.2 Å². The van der Waals surface area contributed by atoms with E-state index in [-0.39, 0.29) is 17.9 Å². The summed E-state index contributed by atoms with van der Waals surface area (Å²) in [4.78, 5) is 28.8. The van der Waals surface area contributed by atoms with Crippen molar-refractivity contribution in [2.45, 2.75) is 32.6 Å². The largest absolute Gasteiger partial charge is 0.326 e. The number of anilines is 1. The summed E-state index contributed by atoms with van der Waals surface area (Å²) in [5.41, 5.74) is 1.69. The van der Waals surface area contributed by atoms with Crippen LogP contribution >= 0.6 is 11.6 Å². The molecule has 130 valence electrons. The Morgan fingerprint density at radius 2 is 1.83 bits per heavy atom. The lowest BCUT2D eigenvalue weighted by molar-refractivity contribution is -0.121. The molecule has 5 nitrogen and oxygen atoms in total. The summed E-state index contributed by atoms with van der Waals surface area (Å²) < 4.78 is 0. The molecule has 0 saturated carbocycles. The minimum absolute atomic E-state index is 0.0335. The summed E-state index contributed by atoms with van der Waals surface area (Å²) in [6.07, 6.45) is 3.84. The quantitative estimate of drug-likeness (QED) is 0.888. The standard InChI is InChI=1S/C18H24ClN3O2/c1-13-6-7-15(11-16(13)19)20-17(23)14-5-4-10-22(12-14)18(24)21-8-2-3-9-21/h6-7,11,14H,2-5,8-10,12H2,1H3,(H,20,23). The van der Waals surface area contributed by atoms with Crippen LogP contribution in [0.2, 0.25) is 5.02 Å². The molecule has 0 aromatic heterocycles. The highest BCUT2D eigenvalue weighted by molar-refractivity contribution is 6.31. The number of piperidine rings is 1. The van der Waals surface area contributed by atoms with Crippen LogP contribution in [0, 0.1) is 12.8 Å². The summed E-state index contributed by atoms with van der Waals surface area (Å²) in [6, 6.07) is 5.60. The van der Waals surface area contributed by atoms with Gasteiger partial charge in [0.1, 0.15) is 0 Å². The molecule has 2 aliphatic rings. The molecule has 1 atom stereocenters. The number of amides is 3. The molecule has 24 heavy (non-hydrogen) atoms. The Kier molecular flexibility index (Phi) is 5.29. The molecule has 1 aromatic carbocycles. The molecule has 6 heteroatoms. The van der Waals surface area contributed by atoms with E-state index in [4.69, 9.17) is 11.6 Å². The van der Waals surface area contributed by atoms with Gasteiger partial charge in [-0.3, -0.25) is 4.79 Å². The zero-order valence-electron chi connectivity index (χ0n) is 14.1. The summed E-state index contributed by atoms with van der Waals surface area (Å²) in [7, 11) is 0. The van der Waals surface area contributed by atoms with Crippen molar-refractivity contribution in [3.05, 3.63) is 28.8 Å². The molecule has 1 aromatic rings. The zero-order valence-corrected chi connectivity index (χ0v) is 14.8. The van der Waals surface area contributed by atoms with Crippen molar-refractivity contribution in [3.63, 3.8) is 0 Å². The van der Waals surface area contributed by atoms with Gasteiger partial charge in [0, 0.05) is 36.9 Å². The fourth-order valence-corrected chi connectivity index (χ4v) is 3.57. The van der Waals surface area contributed by atoms with Crippen molar-refractivity contribution in [1.29, 1.82) is 0 Å². The van der Waals surface area contributed by atoms with Gasteiger partial charge >= 0.3 is 6.03 Å². The van der Waals surface area contributed by atoms with Crippen molar-refractivity contribution in [2.24, 2.45) is 5.92 Å². The number of aryl methyl sites for hydroxylation is 1. The Morgan fingerprint density at radius 3 is 2.54 bits per heavy atom. The Labute approximate surface area is 147 Å². The Balaban J connectivity index is 1.60. The zero-order chi connectivity index (χ0) is 17.1. The van der Waals surface area contributed by atoms with E-state index >= 15 is 0 Å². The molecule has 0 bridgehead atoms. The molecule has 1 N–H and O–H groups in total. The maximum atomic E-state index is 12.5. The van der Waals surface area contributed by atoms with Crippen LogP contribution in [0.1, 0.15) is 31.2 Å². The number of carbonyl (C=O) groups excluding carboxylic acids is 2. The van der Waals surface area contributed by atoms with Crippen LogP contribution in [0.4, 0.5) is 10.5 Å². The minimum Gasteiger partial charge on any atom is -0.326 e. The molecule has 2 heterocycles. The molecule has 1 unspecified atom stereocenters. The second-order valence-corrected chi connectivity index (χ2v) is 7.12. The molecule has 0 aliphatic carbocycles. The van der Waals surface area contributed by atoms with E-state index in [2.05, 4.69) is 5.32 Å². The predicted molar refractivity (Wildman–Crippen MR) is 95.3 cm³/mol. The molecule has 2 saturated heterocycles. The predicted octanol–water partition coefficient (Wildman–Crippen LogP) is 3.51. The number of hydrogen-bond acceptors (Lipinski definition) is 2. The minimum atomic E-state index is -0.162. The van der Waals surface area contributed by atoms with E-state index < -0.39 is 0 Å². The van der Waals surface area contributed by atoms with Gasteiger partial charge in [-0.1, -0.05) is 17.7 Å². The molecule has 0 radical (unpaired) electrons. The summed E-state index contributed by atoms with van der Waals surface area (Å²) >= 11 is 6.11. The van der Waals surface area contributed by atoms with E-state index in [9.17, 15) is 9.59 Å². The van der Waals surface area contributed by atoms with E-state index in [0.29, 0.717) is 17.3 Å². The van der Waals surface area contributed by atoms with Crippen LogP contribution in [-0.2, 0) is 4.79 Å². The molecule has 3 rings (SSSR count). The van der Waals surface area contributed by atoms with E-state index in [1.807, 2.05) is 28.9 Å². The fraction of sp³-hybridized carbons (Fsp3) is 0.556. The van der Waals surface area contributed by atoms with Crippen LogP contribution in [0.5, 0.6) is 0 Å². The van der Waals surface area contributed by atoms with E-state index in [1.165, 1.54) is 0 Å². The van der Waals surface area contributed by atoms with Crippen molar-refractivity contribution in [3.8, 4) is 0 Å². The molecular formula is C18H24ClN3O2. The van der Waals surface area contributed by atoms with Gasteiger partial charge in [0.15, 0.2) is 0 Å². The normalized spacial score (nSPS) is 21.0. The summed E-state index contributed by atoms with van der Waals surface area (Å²) in [5.74, 6) is -0.195. The number of halogens is 1. The lowest BCUT2D eigenvalue weighted by atomic mass is 9.97. The van der Waals surface area contributed by atoms with Crippen LogP contribution in [0.3, 0.4) is 0 Å². The third-order valence-corrected chi connectivity index (χ3v) is 5.29.